The van der Waals surface area contributed by atoms with E-state index < -0.39 is 0 Å². The van der Waals surface area contributed by atoms with Gasteiger partial charge in [-0.25, -0.2) is 0 Å². The van der Waals surface area contributed by atoms with Crippen molar-refractivity contribution in [3.8, 4) is 11.5 Å². The van der Waals surface area contributed by atoms with Crippen LogP contribution >= 0.6 is 0 Å². The van der Waals surface area contributed by atoms with Crippen LogP contribution in [0.1, 0.15) is 27.9 Å². The zero-order chi connectivity index (χ0) is 14.8. The standard InChI is InChI=1S/C17H17NO3/c1-20-15-6-2-5-13(18)16(15)17(19)12-7-8-14-11(10-12)4-3-9-21-14/h2,5-8,10H,3-4,9,18H2,1H3. The van der Waals surface area contributed by atoms with Crippen LogP contribution in [0.2, 0.25) is 0 Å². The number of nitrogens with two attached hydrogens (primary N) is 1. The van der Waals surface area contributed by atoms with E-state index in [1.165, 1.54) is 7.11 Å². The number of rotatable bonds is 3. The van der Waals surface area contributed by atoms with Crippen molar-refractivity contribution in [2.45, 2.75) is 12.8 Å². The Morgan fingerprint density at radius 3 is 2.95 bits per heavy atom. The summed E-state index contributed by atoms with van der Waals surface area (Å²) in [5.41, 5.74) is 8.46. The number of ketones is 1. The number of hydrogen-bond donors (Lipinski definition) is 1. The molecular weight excluding hydrogens is 266 g/mol. The Morgan fingerprint density at radius 1 is 1.29 bits per heavy atom. The molecule has 21 heavy (non-hydrogen) atoms. The van der Waals surface area contributed by atoms with E-state index in [1.54, 1.807) is 24.3 Å². The maximum Gasteiger partial charge on any atom is 0.198 e. The Labute approximate surface area is 123 Å². The minimum Gasteiger partial charge on any atom is -0.496 e. The van der Waals surface area contributed by atoms with Gasteiger partial charge in [-0.3, -0.25) is 4.79 Å². The summed E-state index contributed by atoms with van der Waals surface area (Å²) in [4.78, 5) is 12.7. The van der Waals surface area contributed by atoms with Gasteiger partial charge in [0.15, 0.2) is 5.78 Å². The van der Waals surface area contributed by atoms with Gasteiger partial charge in [-0.1, -0.05) is 6.07 Å². The predicted molar refractivity (Wildman–Crippen MR) is 81.1 cm³/mol. The minimum atomic E-state index is -0.127. The van der Waals surface area contributed by atoms with Crippen LogP contribution in [0.15, 0.2) is 36.4 Å². The lowest BCUT2D eigenvalue weighted by molar-refractivity contribution is 0.103. The van der Waals surface area contributed by atoms with Crippen molar-refractivity contribution in [2.24, 2.45) is 0 Å². The van der Waals surface area contributed by atoms with Crippen molar-refractivity contribution in [3.05, 3.63) is 53.1 Å². The highest BCUT2D eigenvalue weighted by Gasteiger charge is 2.19. The third kappa shape index (κ3) is 2.44. The molecule has 0 radical (unpaired) electrons. The molecule has 4 heteroatoms. The number of fused-ring (bicyclic) bond motifs is 1. The highest BCUT2D eigenvalue weighted by molar-refractivity contribution is 6.14. The Bertz CT molecular complexity index is 694. The number of aryl methyl sites for hydroxylation is 1. The van der Waals surface area contributed by atoms with E-state index in [0.717, 1.165) is 30.8 Å². The van der Waals surface area contributed by atoms with Gasteiger partial charge in [-0.2, -0.15) is 0 Å². The molecule has 0 aliphatic carbocycles. The normalized spacial score (nSPS) is 13.2. The quantitative estimate of drug-likeness (QED) is 0.695. The van der Waals surface area contributed by atoms with Crippen molar-refractivity contribution in [2.75, 3.05) is 19.5 Å². The SMILES string of the molecule is COc1cccc(N)c1C(=O)c1ccc2c(c1)CCCO2. The number of methoxy groups -OCH3 is 1. The van der Waals surface area contributed by atoms with E-state index >= 15 is 0 Å². The highest BCUT2D eigenvalue weighted by atomic mass is 16.5. The van der Waals surface area contributed by atoms with Crippen molar-refractivity contribution in [1.29, 1.82) is 0 Å². The first kappa shape index (κ1) is 13.5. The minimum absolute atomic E-state index is 0.127. The van der Waals surface area contributed by atoms with Gasteiger partial charge in [0.25, 0.3) is 0 Å². The number of carbonyl (C=O) groups excluding carboxylic acids is 1. The van der Waals surface area contributed by atoms with Gasteiger partial charge in [0, 0.05) is 11.3 Å². The van der Waals surface area contributed by atoms with Crippen LogP contribution in [-0.2, 0) is 6.42 Å². The molecule has 0 unspecified atom stereocenters. The molecule has 0 spiro atoms. The third-order valence-corrected chi connectivity index (χ3v) is 3.68. The van der Waals surface area contributed by atoms with E-state index in [-0.39, 0.29) is 5.78 Å². The van der Waals surface area contributed by atoms with Gasteiger partial charge < -0.3 is 15.2 Å². The van der Waals surface area contributed by atoms with E-state index in [2.05, 4.69) is 0 Å². The number of ether oxygens (including phenoxy) is 2. The van der Waals surface area contributed by atoms with Crippen molar-refractivity contribution < 1.29 is 14.3 Å². The summed E-state index contributed by atoms with van der Waals surface area (Å²) in [7, 11) is 1.53. The van der Waals surface area contributed by atoms with Gasteiger partial charge >= 0.3 is 0 Å². The summed E-state index contributed by atoms with van der Waals surface area (Å²) in [5.74, 6) is 1.23. The van der Waals surface area contributed by atoms with Crippen LogP contribution < -0.4 is 15.2 Å². The molecule has 1 heterocycles. The van der Waals surface area contributed by atoms with E-state index in [9.17, 15) is 4.79 Å². The van der Waals surface area contributed by atoms with Crippen LogP contribution in [0.25, 0.3) is 0 Å². The molecule has 0 aromatic heterocycles. The zero-order valence-electron chi connectivity index (χ0n) is 11.9. The molecule has 0 amide bonds. The molecule has 3 rings (SSSR count). The van der Waals surface area contributed by atoms with Gasteiger partial charge in [-0.05, 0) is 48.7 Å². The summed E-state index contributed by atoms with van der Waals surface area (Å²) in [6.07, 6.45) is 1.90. The van der Waals surface area contributed by atoms with Crippen LogP contribution in [-0.4, -0.2) is 19.5 Å². The maximum atomic E-state index is 12.7. The molecular formula is C17H17NO3. The molecule has 0 bridgehead atoms. The van der Waals surface area contributed by atoms with Crippen LogP contribution in [0.5, 0.6) is 11.5 Å². The molecule has 0 fully saturated rings. The van der Waals surface area contributed by atoms with E-state index in [4.69, 9.17) is 15.2 Å². The first-order valence-electron chi connectivity index (χ1n) is 6.93. The second-order valence-corrected chi connectivity index (χ2v) is 5.03. The molecule has 2 N–H and O–H groups in total. The second-order valence-electron chi connectivity index (χ2n) is 5.03. The maximum absolute atomic E-state index is 12.7. The smallest absolute Gasteiger partial charge is 0.198 e. The van der Waals surface area contributed by atoms with Crippen LogP contribution in [0, 0.1) is 0 Å². The fourth-order valence-electron chi connectivity index (χ4n) is 2.61. The van der Waals surface area contributed by atoms with Crippen molar-refractivity contribution in [1.82, 2.24) is 0 Å². The molecule has 0 saturated carbocycles. The van der Waals surface area contributed by atoms with Gasteiger partial charge in [0.05, 0.1) is 19.3 Å². The second kappa shape index (κ2) is 5.48. The summed E-state index contributed by atoms with van der Waals surface area (Å²) in [6.45, 7) is 0.736. The molecule has 1 aliphatic rings. The Kier molecular flexibility index (Phi) is 3.52. The lowest BCUT2D eigenvalue weighted by atomic mass is 9.96. The average Bonchev–Trinajstić information content (AvgIpc) is 2.53. The van der Waals surface area contributed by atoms with E-state index in [0.29, 0.717) is 22.6 Å². The van der Waals surface area contributed by atoms with Gasteiger partial charge in [0.2, 0.25) is 0 Å². The molecule has 0 atom stereocenters. The van der Waals surface area contributed by atoms with Crippen molar-refractivity contribution in [3.63, 3.8) is 0 Å². The third-order valence-electron chi connectivity index (χ3n) is 3.68. The number of benzene rings is 2. The first-order valence-corrected chi connectivity index (χ1v) is 6.93. The van der Waals surface area contributed by atoms with Gasteiger partial charge in [0.1, 0.15) is 11.5 Å². The molecule has 2 aromatic carbocycles. The van der Waals surface area contributed by atoms with Crippen LogP contribution in [0.3, 0.4) is 0 Å². The Morgan fingerprint density at radius 2 is 2.14 bits per heavy atom. The lowest BCUT2D eigenvalue weighted by Crippen LogP contribution is -2.11. The molecule has 2 aromatic rings. The number of hydrogen-bond acceptors (Lipinski definition) is 4. The van der Waals surface area contributed by atoms with Crippen LogP contribution in [0.4, 0.5) is 5.69 Å². The summed E-state index contributed by atoms with van der Waals surface area (Å²) in [5, 5.41) is 0. The predicted octanol–water partition coefficient (Wildman–Crippen LogP) is 2.83. The summed E-state index contributed by atoms with van der Waals surface area (Å²) >= 11 is 0. The Hall–Kier alpha value is -2.49. The molecule has 1 aliphatic heterocycles. The fraction of sp³-hybridized carbons (Fsp3) is 0.235. The largest absolute Gasteiger partial charge is 0.496 e. The Balaban J connectivity index is 2.03. The summed E-state index contributed by atoms with van der Waals surface area (Å²) in [6, 6.07) is 10.7. The fourth-order valence-corrected chi connectivity index (χ4v) is 2.61. The molecule has 0 saturated heterocycles. The molecule has 108 valence electrons. The number of carbonyl (C=O) groups is 1. The summed E-state index contributed by atoms with van der Waals surface area (Å²) < 4.78 is 10.8. The van der Waals surface area contributed by atoms with E-state index in [1.807, 2.05) is 12.1 Å². The average molecular weight is 283 g/mol. The zero-order valence-corrected chi connectivity index (χ0v) is 11.9. The topological polar surface area (TPSA) is 61.5 Å². The van der Waals surface area contributed by atoms with Crippen molar-refractivity contribution >= 4 is 11.5 Å². The number of nitrogen functional groups attached to an aromatic ring is 1. The monoisotopic (exact) mass is 283 g/mol. The molecule has 4 nitrogen and oxygen atoms in total. The van der Waals surface area contributed by atoms with Gasteiger partial charge in [-0.15, -0.1) is 0 Å². The lowest BCUT2D eigenvalue weighted by Gasteiger charge is -2.18. The highest BCUT2D eigenvalue weighted by Crippen LogP contribution is 2.30. The number of anilines is 1. The first-order chi connectivity index (χ1) is 10.2.